The van der Waals surface area contributed by atoms with Crippen molar-refractivity contribution < 1.29 is 38.2 Å². The van der Waals surface area contributed by atoms with E-state index >= 15 is 0 Å². The Kier molecular flexibility index (Phi) is 46.8. The number of allylic oxidation sites excluding steroid dienone is 12. The molecule has 0 heterocycles. The van der Waals surface area contributed by atoms with Crippen LogP contribution in [0, 0.1) is 0 Å². The minimum Gasteiger partial charge on any atom is -0.544 e. The van der Waals surface area contributed by atoms with Crippen molar-refractivity contribution in [1.29, 1.82) is 0 Å². The van der Waals surface area contributed by atoms with Crippen molar-refractivity contribution in [3.8, 4) is 0 Å². The van der Waals surface area contributed by atoms with Crippen LogP contribution in [0.2, 0.25) is 0 Å². The van der Waals surface area contributed by atoms with Crippen LogP contribution in [0.15, 0.2) is 72.9 Å². The van der Waals surface area contributed by atoms with Gasteiger partial charge in [-0.2, -0.15) is 0 Å². The van der Waals surface area contributed by atoms with Gasteiger partial charge >= 0.3 is 11.9 Å². The molecular formula is C59H103NO7. The maximum Gasteiger partial charge on any atom is 0.306 e. The first-order valence-electron chi connectivity index (χ1n) is 27.5. The van der Waals surface area contributed by atoms with Gasteiger partial charge in [-0.1, -0.05) is 234 Å². The fraction of sp³-hybridized carbons (Fsp3) is 0.746. The maximum absolute atomic E-state index is 12.8. The monoisotopic (exact) mass is 938 g/mol. The minimum atomic E-state index is -1.14. The third-order valence-electron chi connectivity index (χ3n) is 12.1. The Balaban J connectivity index is 4.25. The predicted molar refractivity (Wildman–Crippen MR) is 282 cm³/mol. The fourth-order valence-corrected chi connectivity index (χ4v) is 7.92. The molecule has 0 amide bonds. The van der Waals surface area contributed by atoms with Gasteiger partial charge in [0, 0.05) is 19.3 Å². The number of nitrogens with zero attached hydrogens (tertiary/aromatic N) is 1. The number of hydrogen-bond donors (Lipinski definition) is 0. The normalized spacial score (nSPS) is 13.4. The summed E-state index contributed by atoms with van der Waals surface area (Å²) in [5.74, 6) is -1.84. The van der Waals surface area contributed by atoms with E-state index in [1.165, 1.54) is 135 Å². The number of ether oxygens (including phenoxy) is 3. The minimum absolute atomic E-state index is 0.00924. The average Bonchev–Trinajstić information content (AvgIpc) is 3.29. The lowest BCUT2D eigenvalue weighted by Gasteiger charge is -2.34. The number of carbonyl (C=O) groups excluding carboxylic acids is 3. The Bertz CT molecular complexity index is 1320. The molecule has 0 bridgehead atoms. The molecule has 0 radical (unpaired) electrons. The van der Waals surface area contributed by atoms with Crippen LogP contribution in [-0.4, -0.2) is 75.5 Å². The average molecular weight is 938 g/mol. The molecule has 0 aromatic carbocycles. The molecule has 8 nitrogen and oxygen atoms in total. The Hall–Kier alpha value is -3.23. The molecular weight excluding hydrogens is 835 g/mol. The molecule has 0 aliphatic rings. The summed E-state index contributed by atoms with van der Waals surface area (Å²) in [5.41, 5.74) is 0. The summed E-state index contributed by atoms with van der Waals surface area (Å²) in [6.45, 7) is 4.50. The zero-order valence-electron chi connectivity index (χ0n) is 44.1. The van der Waals surface area contributed by atoms with Gasteiger partial charge in [0.2, 0.25) is 0 Å². The number of hydrogen-bond acceptors (Lipinski definition) is 7. The summed E-state index contributed by atoms with van der Waals surface area (Å²) in [6.07, 6.45) is 64.0. The van der Waals surface area contributed by atoms with Crippen molar-refractivity contribution in [3.63, 3.8) is 0 Å². The summed E-state index contributed by atoms with van der Waals surface area (Å²) in [5, 5.41) is 11.7. The van der Waals surface area contributed by atoms with Gasteiger partial charge in [0.25, 0.3) is 0 Å². The molecule has 8 heteroatoms. The van der Waals surface area contributed by atoms with E-state index in [9.17, 15) is 19.5 Å². The molecule has 0 aliphatic carbocycles. The van der Waals surface area contributed by atoms with Crippen molar-refractivity contribution in [2.75, 3.05) is 41.0 Å². The Morgan fingerprint density at radius 3 is 1.21 bits per heavy atom. The van der Waals surface area contributed by atoms with Gasteiger partial charge in [-0.25, -0.2) is 0 Å². The molecule has 0 fully saturated rings. The van der Waals surface area contributed by atoms with Gasteiger partial charge in [-0.3, -0.25) is 9.59 Å². The first kappa shape index (κ1) is 63.8. The number of aliphatic carboxylic acids is 1. The number of carboxylic acids is 1. The van der Waals surface area contributed by atoms with Crippen LogP contribution < -0.4 is 5.11 Å². The van der Waals surface area contributed by atoms with Crippen LogP contribution in [0.3, 0.4) is 0 Å². The summed E-state index contributed by atoms with van der Waals surface area (Å²) in [7, 11) is 5.39. The van der Waals surface area contributed by atoms with Crippen molar-refractivity contribution >= 4 is 17.9 Å². The highest BCUT2D eigenvalue weighted by Crippen LogP contribution is 2.16. The lowest BCUT2D eigenvalue weighted by molar-refractivity contribution is -0.889. The molecule has 0 aromatic rings. The number of unbranched alkanes of at least 4 members (excludes halogenated alkanes) is 23. The highest BCUT2D eigenvalue weighted by molar-refractivity contribution is 5.70. The van der Waals surface area contributed by atoms with Crippen LogP contribution >= 0.6 is 0 Å². The van der Waals surface area contributed by atoms with Crippen molar-refractivity contribution in [1.82, 2.24) is 0 Å². The molecule has 0 aromatic heterocycles. The van der Waals surface area contributed by atoms with Crippen molar-refractivity contribution in [2.24, 2.45) is 0 Å². The molecule has 67 heavy (non-hydrogen) atoms. The Labute approximate surface area is 412 Å². The number of carboxylic acid groups (broad SMARTS) is 1. The zero-order valence-corrected chi connectivity index (χ0v) is 44.1. The molecule has 0 saturated carbocycles. The second kappa shape index (κ2) is 49.2. The first-order chi connectivity index (χ1) is 32.6. The van der Waals surface area contributed by atoms with Gasteiger partial charge in [-0.05, 0) is 51.4 Å². The molecule has 0 N–H and O–H groups in total. The smallest absolute Gasteiger partial charge is 0.306 e. The third-order valence-corrected chi connectivity index (χ3v) is 12.1. The van der Waals surface area contributed by atoms with Crippen molar-refractivity contribution in [2.45, 2.75) is 244 Å². The predicted octanol–water partition coefficient (Wildman–Crippen LogP) is 14.9. The topological polar surface area (TPSA) is 102 Å². The second-order valence-electron chi connectivity index (χ2n) is 19.4. The molecule has 0 rings (SSSR count). The van der Waals surface area contributed by atoms with E-state index < -0.39 is 24.1 Å². The molecule has 0 spiro atoms. The zero-order chi connectivity index (χ0) is 49.2. The van der Waals surface area contributed by atoms with E-state index in [0.717, 1.165) is 57.8 Å². The summed E-state index contributed by atoms with van der Waals surface area (Å²) >= 11 is 0. The van der Waals surface area contributed by atoms with E-state index in [1.54, 1.807) is 21.1 Å². The highest BCUT2D eigenvalue weighted by Gasteiger charge is 2.25. The summed E-state index contributed by atoms with van der Waals surface area (Å²) in [4.78, 5) is 37.1. The summed E-state index contributed by atoms with van der Waals surface area (Å²) in [6, 6.07) is -0.742. The van der Waals surface area contributed by atoms with E-state index in [-0.39, 0.29) is 43.1 Å². The van der Waals surface area contributed by atoms with Crippen LogP contribution in [0.5, 0.6) is 0 Å². The van der Waals surface area contributed by atoms with Crippen molar-refractivity contribution in [3.05, 3.63) is 72.9 Å². The molecule has 0 aliphatic heterocycles. The van der Waals surface area contributed by atoms with Gasteiger partial charge in [0.05, 0.1) is 40.3 Å². The number of likely N-dealkylation sites (N-methyl/N-ethyl adjacent to an activating group) is 1. The standard InChI is InChI=1S/C59H103NO7/c1-6-8-10-12-14-16-18-20-22-24-26-27-28-29-30-32-33-35-37-39-41-43-45-47-49-57(61)66-54-55(53-65-52-51-56(59(63)64)60(3,4)5)67-58(62)50-48-46-44-42-40-38-36-34-31-25-23-21-19-17-15-13-11-9-7-2/h9,11,15,17,21,23,31,34,38,40,44,46,55-56H,6-8,10,12-14,16,18-20,22,24-30,32-33,35-37,39,41-43,45,47-54H2,1-5H3/b11-9-,17-15-,23-21-,34-31-,40-38-,46-44-. The van der Waals surface area contributed by atoms with Crippen LogP contribution in [0.4, 0.5) is 0 Å². The Morgan fingerprint density at radius 2 is 0.836 bits per heavy atom. The lowest BCUT2D eigenvalue weighted by atomic mass is 10.0. The molecule has 0 saturated heterocycles. The van der Waals surface area contributed by atoms with Gasteiger partial charge in [0.15, 0.2) is 6.10 Å². The Morgan fingerprint density at radius 1 is 0.463 bits per heavy atom. The molecule has 2 unspecified atom stereocenters. The summed E-state index contributed by atoms with van der Waals surface area (Å²) < 4.78 is 17.2. The second-order valence-corrected chi connectivity index (χ2v) is 19.4. The van der Waals surface area contributed by atoms with E-state index in [2.05, 4.69) is 74.6 Å². The quantitative estimate of drug-likeness (QED) is 0.0259. The van der Waals surface area contributed by atoms with Gasteiger partial charge in [-0.15, -0.1) is 0 Å². The van der Waals surface area contributed by atoms with Gasteiger partial charge < -0.3 is 28.6 Å². The third kappa shape index (κ3) is 47.6. The highest BCUT2D eigenvalue weighted by atomic mass is 16.6. The number of rotatable bonds is 49. The SMILES string of the molecule is CC/C=C\C/C=C\C/C=C\C/C=C\C/C=C\C/C=C\CCC(=O)OC(COCCC(C(=O)[O-])[N+](C)(C)C)COC(=O)CCCCCCCCCCCCCCCCCCCCCCCCCC. The first-order valence-corrected chi connectivity index (χ1v) is 27.5. The van der Waals surface area contributed by atoms with Crippen LogP contribution in [0.1, 0.15) is 232 Å². The van der Waals surface area contributed by atoms with E-state index in [4.69, 9.17) is 14.2 Å². The largest absolute Gasteiger partial charge is 0.544 e. The molecule has 386 valence electrons. The maximum atomic E-state index is 12.8. The lowest BCUT2D eigenvalue weighted by Crippen LogP contribution is -2.55. The number of quaternary nitrogens is 1. The van der Waals surface area contributed by atoms with E-state index in [0.29, 0.717) is 12.8 Å². The van der Waals surface area contributed by atoms with Gasteiger partial charge in [0.1, 0.15) is 12.6 Å². The van der Waals surface area contributed by atoms with Crippen LogP contribution in [-0.2, 0) is 28.6 Å². The van der Waals surface area contributed by atoms with Crippen LogP contribution in [0.25, 0.3) is 0 Å². The number of carbonyl (C=O) groups is 3. The molecule has 2 atom stereocenters. The fourth-order valence-electron chi connectivity index (χ4n) is 7.92. The van der Waals surface area contributed by atoms with E-state index in [1.807, 2.05) is 12.2 Å². The number of esters is 2.